The fourth-order valence-electron chi connectivity index (χ4n) is 3.48. The van der Waals surface area contributed by atoms with Crippen molar-refractivity contribution < 1.29 is 4.74 Å². The third-order valence-corrected chi connectivity index (χ3v) is 5.90. The first kappa shape index (κ1) is 14.5. The topological polar surface area (TPSA) is 44.1 Å². The van der Waals surface area contributed by atoms with Gasteiger partial charge in [-0.25, -0.2) is 4.98 Å². The zero-order valence-corrected chi connectivity index (χ0v) is 14.1. The molecular formula is C15H21IN2O2. The minimum absolute atomic E-state index is 0.0614. The van der Waals surface area contributed by atoms with Gasteiger partial charge in [0.1, 0.15) is 0 Å². The smallest absolute Gasteiger partial charge is 0.267 e. The second-order valence-corrected chi connectivity index (χ2v) is 7.20. The van der Waals surface area contributed by atoms with Crippen molar-refractivity contribution in [3.8, 4) is 0 Å². The van der Waals surface area contributed by atoms with Crippen molar-refractivity contribution in [1.29, 1.82) is 0 Å². The molecule has 1 aromatic rings. The van der Waals surface area contributed by atoms with Crippen LogP contribution in [0.1, 0.15) is 50.6 Å². The number of aryl methyl sites for hydroxylation is 1. The molecule has 1 saturated heterocycles. The van der Waals surface area contributed by atoms with E-state index in [0.29, 0.717) is 6.54 Å². The minimum Gasteiger partial charge on any atom is -0.370 e. The molecule has 2 heterocycles. The number of aromatic nitrogens is 2. The Morgan fingerprint density at radius 2 is 2.15 bits per heavy atom. The lowest BCUT2D eigenvalue weighted by Crippen LogP contribution is -2.34. The zero-order chi connectivity index (χ0) is 14.2. The molecule has 0 N–H and O–H groups in total. The molecule has 2 aliphatic rings. The van der Waals surface area contributed by atoms with Crippen molar-refractivity contribution in [1.82, 2.24) is 9.55 Å². The van der Waals surface area contributed by atoms with Gasteiger partial charge in [0.2, 0.25) is 0 Å². The molecule has 0 aromatic carbocycles. The largest absolute Gasteiger partial charge is 0.370 e. The summed E-state index contributed by atoms with van der Waals surface area (Å²) in [5.41, 5.74) is 0.992. The van der Waals surface area contributed by atoms with Crippen molar-refractivity contribution in [3.05, 3.63) is 25.9 Å². The second-order valence-electron chi connectivity index (χ2n) is 6.12. The standard InChI is InChI=1S/C15H21IN2O2/c1-11-13(16)14(19)18(10-17-11)9-12-5-8-15(20-12)6-3-2-4-7-15/h10,12H,2-9H2,1H3. The lowest BCUT2D eigenvalue weighted by Gasteiger charge is -2.33. The Morgan fingerprint density at radius 3 is 2.90 bits per heavy atom. The highest BCUT2D eigenvalue weighted by molar-refractivity contribution is 14.1. The number of nitrogens with zero attached hydrogens (tertiary/aromatic N) is 2. The van der Waals surface area contributed by atoms with E-state index in [1.165, 1.54) is 32.1 Å². The minimum atomic E-state index is 0.0614. The molecule has 1 aliphatic heterocycles. The van der Waals surface area contributed by atoms with E-state index in [2.05, 4.69) is 27.6 Å². The highest BCUT2D eigenvalue weighted by Gasteiger charge is 2.40. The summed E-state index contributed by atoms with van der Waals surface area (Å²) >= 11 is 2.08. The Hall–Kier alpha value is -0.430. The molecule has 1 unspecified atom stereocenters. The summed E-state index contributed by atoms with van der Waals surface area (Å²) in [4.78, 5) is 16.5. The summed E-state index contributed by atoms with van der Waals surface area (Å²) in [6.45, 7) is 2.51. The van der Waals surface area contributed by atoms with Crippen LogP contribution >= 0.6 is 22.6 Å². The quantitative estimate of drug-likeness (QED) is 0.732. The predicted molar refractivity (Wildman–Crippen MR) is 85.9 cm³/mol. The van der Waals surface area contributed by atoms with Gasteiger partial charge in [-0.15, -0.1) is 0 Å². The molecule has 0 radical (unpaired) electrons. The second kappa shape index (κ2) is 5.75. The van der Waals surface area contributed by atoms with E-state index >= 15 is 0 Å². The lowest BCUT2D eigenvalue weighted by atomic mass is 9.83. The van der Waals surface area contributed by atoms with Gasteiger partial charge in [0.15, 0.2) is 0 Å². The Balaban J connectivity index is 1.71. The number of hydrogen-bond donors (Lipinski definition) is 0. The van der Waals surface area contributed by atoms with Crippen LogP contribution in [0.15, 0.2) is 11.1 Å². The van der Waals surface area contributed by atoms with Crippen LogP contribution in [0.2, 0.25) is 0 Å². The molecule has 1 aliphatic carbocycles. The van der Waals surface area contributed by atoms with Gasteiger partial charge in [-0.3, -0.25) is 9.36 Å². The van der Waals surface area contributed by atoms with Crippen LogP contribution in [0.4, 0.5) is 0 Å². The molecule has 1 aromatic heterocycles. The maximum atomic E-state index is 12.2. The summed E-state index contributed by atoms with van der Waals surface area (Å²) in [5, 5.41) is 0. The zero-order valence-electron chi connectivity index (χ0n) is 11.9. The van der Waals surface area contributed by atoms with Crippen molar-refractivity contribution in [2.75, 3.05) is 0 Å². The van der Waals surface area contributed by atoms with E-state index in [-0.39, 0.29) is 17.3 Å². The van der Waals surface area contributed by atoms with E-state index in [0.717, 1.165) is 22.1 Å². The molecule has 0 bridgehead atoms. The van der Waals surface area contributed by atoms with Crippen LogP contribution in [-0.4, -0.2) is 21.3 Å². The molecule has 2 fully saturated rings. The fourth-order valence-corrected chi connectivity index (χ4v) is 3.93. The van der Waals surface area contributed by atoms with E-state index in [1.807, 2.05) is 6.92 Å². The van der Waals surface area contributed by atoms with Crippen molar-refractivity contribution in [2.45, 2.75) is 70.1 Å². The van der Waals surface area contributed by atoms with E-state index in [1.54, 1.807) is 10.9 Å². The summed E-state index contributed by atoms with van der Waals surface area (Å²) in [6.07, 6.45) is 10.4. The molecule has 4 nitrogen and oxygen atoms in total. The Kier molecular flexibility index (Phi) is 4.17. The number of halogens is 1. The van der Waals surface area contributed by atoms with Gasteiger partial charge in [0, 0.05) is 0 Å². The summed E-state index contributed by atoms with van der Waals surface area (Å²) in [5.74, 6) is 0. The van der Waals surface area contributed by atoms with Crippen molar-refractivity contribution in [2.24, 2.45) is 0 Å². The fraction of sp³-hybridized carbons (Fsp3) is 0.733. The molecule has 1 spiro atoms. The first-order valence-electron chi connectivity index (χ1n) is 7.49. The van der Waals surface area contributed by atoms with Gasteiger partial charge in [0.25, 0.3) is 5.56 Å². The lowest BCUT2D eigenvalue weighted by molar-refractivity contribution is -0.0683. The molecule has 1 saturated carbocycles. The van der Waals surface area contributed by atoms with E-state index in [9.17, 15) is 4.79 Å². The third kappa shape index (κ3) is 2.79. The van der Waals surface area contributed by atoms with Gasteiger partial charge in [-0.05, 0) is 55.2 Å². The van der Waals surface area contributed by atoms with Crippen LogP contribution in [0.25, 0.3) is 0 Å². The predicted octanol–water partition coefficient (Wildman–Crippen LogP) is 3.04. The third-order valence-electron chi connectivity index (χ3n) is 4.66. The maximum absolute atomic E-state index is 12.2. The van der Waals surface area contributed by atoms with Gasteiger partial charge in [0.05, 0.1) is 33.8 Å². The SMILES string of the molecule is Cc1ncn(CC2CCC3(CCCCC3)O2)c(=O)c1I. The first-order chi connectivity index (χ1) is 9.60. The van der Waals surface area contributed by atoms with Crippen LogP contribution in [-0.2, 0) is 11.3 Å². The highest BCUT2D eigenvalue weighted by atomic mass is 127. The average Bonchev–Trinajstić information content (AvgIpc) is 2.83. The summed E-state index contributed by atoms with van der Waals surface area (Å²) in [6, 6.07) is 0. The maximum Gasteiger partial charge on any atom is 0.267 e. The van der Waals surface area contributed by atoms with Crippen LogP contribution < -0.4 is 5.56 Å². The van der Waals surface area contributed by atoms with Gasteiger partial charge >= 0.3 is 0 Å². The van der Waals surface area contributed by atoms with Crippen LogP contribution in [0, 0.1) is 10.5 Å². The Morgan fingerprint density at radius 1 is 1.40 bits per heavy atom. The van der Waals surface area contributed by atoms with Crippen LogP contribution in [0.5, 0.6) is 0 Å². The Bertz CT molecular complexity index is 549. The van der Waals surface area contributed by atoms with E-state index < -0.39 is 0 Å². The number of ether oxygens (including phenoxy) is 1. The molecule has 20 heavy (non-hydrogen) atoms. The van der Waals surface area contributed by atoms with Gasteiger partial charge in [-0.2, -0.15) is 0 Å². The number of rotatable bonds is 2. The van der Waals surface area contributed by atoms with Gasteiger partial charge in [-0.1, -0.05) is 19.3 Å². The van der Waals surface area contributed by atoms with Crippen molar-refractivity contribution in [3.63, 3.8) is 0 Å². The van der Waals surface area contributed by atoms with E-state index in [4.69, 9.17) is 4.74 Å². The normalized spacial score (nSPS) is 25.2. The van der Waals surface area contributed by atoms with Crippen molar-refractivity contribution >= 4 is 22.6 Å². The number of hydrogen-bond acceptors (Lipinski definition) is 3. The molecular weight excluding hydrogens is 367 g/mol. The average molecular weight is 388 g/mol. The Labute approximate surface area is 133 Å². The highest BCUT2D eigenvalue weighted by Crippen LogP contribution is 2.42. The first-order valence-corrected chi connectivity index (χ1v) is 8.57. The molecule has 0 amide bonds. The molecule has 3 rings (SSSR count). The van der Waals surface area contributed by atoms with Crippen LogP contribution in [0.3, 0.4) is 0 Å². The van der Waals surface area contributed by atoms with Gasteiger partial charge < -0.3 is 4.74 Å². The molecule has 1 atom stereocenters. The summed E-state index contributed by atoms with van der Waals surface area (Å²) < 4.78 is 8.76. The molecule has 110 valence electrons. The summed E-state index contributed by atoms with van der Waals surface area (Å²) in [7, 11) is 0. The molecule has 5 heteroatoms. The monoisotopic (exact) mass is 388 g/mol.